The fraction of sp³-hybridized carbons (Fsp3) is 0.143. The zero-order valence-corrected chi connectivity index (χ0v) is 17.1. The Bertz CT molecular complexity index is 1270. The summed E-state index contributed by atoms with van der Waals surface area (Å²) in [7, 11) is 0. The molecule has 33 heavy (non-hydrogen) atoms. The number of imide groups is 1. The molecular formula is C21H18N6O6. The van der Waals surface area contributed by atoms with Crippen LogP contribution in [-0.4, -0.2) is 51.6 Å². The molecule has 0 unspecified atom stereocenters. The van der Waals surface area contributed by atoms with Crippen LogP contribution in [0, 0.1) is 10.1 Å². The highest BCUT2D eigenvalue weighted by Gasteiger charge is 2.28. The predicted octanol–water partition coefficient (Wildman–Crippen LogP) is 2.21. The first-order valence-corrected chi connectivity index (χ1v) is 9.87. The summed E-state index contributed by atoms with van der Waals surface area (Å²) < 4.78 is 0. The van der Waals surface area contributed by atoms with Crippen molar-refractivity contribution >= 4 is 51.7 Å². The van der Waals surface area contributed by atoms with Crippen molar-refractivity contribution in [3.05, 3.63) is 64.3 Å². The van der Waals surface area contributed by atoms with E-state index >= 15 is 0 Å². The van der Waals surface area contributed by atoms with E-state index in [9.17, 15) is 29.3 Å². The molecule has 4 rings (SSSR count). The molecule has 2 heterocycles. The monoisotopic (exact) mass is 450 g/mol. The number of benzene rings is 2. The Morgan fingerprint density at radius 2 is 1.76 bits per heavy atom. The number of nitrogens with one attached hydrogen (secondary N) is 4. The van der Waals surface area contributed by atoms with Crippen molar-refractivity contribution in [2.75, 3.05) is 23.7 Å². The summed E-state index contributed by atoms with van der Waals surface area (Å²) in [4.78, 5) is 62.1. The SMILES string of the molecule is O=C(CCN1C(=O)CNC1=O)Nc1ccc(NC(=O)c2c[nH]c3ccc([N+](=O)[O-])cc23)cc1. The Kier molecular flexibility index (Phi) is 5.72. The molecule has 5 amide bonds. The van der Waals surface area contributed by atoms with Gasteiger partial charge in [-0.05, 0) is 30.3 Å². The van der Waals surface area contributed by atoms with Gasteiger partial charge in [0.15, 0.2) is 0 Å². The lowest BCUT2D eigenvalue weighted by Crippen LogP contribution is -2.33. The molecule has 0 radical (unpaired) electrons. The number of carbonyl (C=O) groups is 4. The number of nitro benzene ring substituents is 1. The minimum absolute atomic E-state index is 0.0204. The summed E-state index contributed by atoms with van der Waals surface area (Å²) >= 11 is 0. The number of anilines is 2. The van der Waals surface area contributed by atoms with Crippen LogP contribution in [0.5, 0.6) is 0 Å². The third kappa shape index (κ3) is 4.63. The van der Waals surface area contributed by atoms with Crippen LogP contribution < -0.4 is 16.0 Å². The van der Waals surface area contributed by atoms with Gasteiger partial charge in [-0.1, -0.05) is 0 Å². The minimum atomic E-state index is -0.529. The van der Waals surface area contributed by atoms with E-state index < -0.39 is 16.9 Å². The van der Waals surface area contributed by atoms with Gasteiger partial charge in [0.2, 0.25) is 11.8 Å². The van der Waals surface area contributed by atoms with E-state index in [1.54, 1.807) is 24.3 Å². The number of carbonyl (C=O) groups excluding carboxylic acids is 4. The van der Waals surface area contributed by atoms with Crippen LogP contribution in [0.4, 0.5) is 21.9 Å². The lowest BCUT2D eigenvalue weighted by molar-refractivity contribution is -0.384. The Morgan fingerprint density at radius 1 is 1.06 bits per heavy atom. The number of nitro groups is 1. The van der Waals surface area contributed by atoms with Crippen molar-refractivity contribution in [2.24, 2.45) is 0 Å². The van der Waals surface area contributed by atoms with E-state index in [4.69, 9.17) is 0 Å². The first-order valence-electron chi connectivity index (χ1n) is 9.87. The van der Waals surface area contributed by atoms with E-state index in [2.05, 4.69) is 20.9 Å². The second-order valence-electron chi connectivity index (χ2n) is 7.22. The van der Waals surface area contributed by atoms with Crippen LogP contribution in [0.1, 0.15) is 16.8 Å². The molecule has 0 atom stereocenters. The number of fused-ring (bicyclic) bond motifs is 1. The largest absolute Gasteiger partial charge is 0.360 e. The van der Waals surface area contributed by atoms with Crippen molar-refractivity contribution in [1.29, 1.82) is 0 Å². The fourth-order valence-electron chi connectivity index (χ4n) is 3.36. The van der Waals surface area contributed by atoms with Gasteiger partial charge in [-0.2, -0.15) is 0 Å². The van der Waals surface area contributed by atoms with E-state index in [1.165, 1.54) is 24.4 Å². The maximum Gasteiger partial charge on any atom is 0.324 e. The molecule has 0 spiro atoms. The third-order valence-corrected chi connectivity index (χ3v) is 5.05. The number of hydrogen-bond acceptors (Lipinski definition) is 6. The van der Waals surface area contributed by atoms with Gasteiger partial charge in [0.05, 0.1) is 17.0 Å². The summed E-state index contributed by atoms with van der Waals surface area (Å²) in [6.07, 6.45) is 1.42. The van der Waals surface area contributed by atoms with Gasteiger partial charge in [-0.15, -0.1) is 0 Å². The van der Waals surface area contributed by atoms with Crippen molar-refractivity contribution in [3.8, 4) is 0 Å². The van der Waals surface area contributed by atoms with Crippen molar-refractivity contribution in [1.82, 2.24) is 15.2 Å². The molecule has 12 nitrogen and oxygen atoms in total. The van der Waals surface area contributed by atoms with Crippen molar-refractivity contribution in [2.45, 2.75) is 6.42 Å². The molecule has 168 valence electrons. The second-order valence-corrected chi connectivity index (χ2v) is 7.22. The molecule has 1 aliphatic rings. The maximum absolute atomic E-state index is 12.7. The molecule has 4 N–H and O–H groups in total. The van der Waals surface area contributed by atoms with E-state index in [0.717, 1.165) is 4.90 Å². The number of H-pyrrole nitrogens is 1. The number of non-ortho nitro benzene ring substituents is 1. The van der Waals surface area contributed by atoms with Crippen LogP contribution in [-0.2, 0) is 9.59 Å². The summed E-state index contributed by atoms with van der Waals surface area (Å²) in [6, 6.07) is 10.0. The quantitative estimate of drug-likeness (QED) is 0.245. The highest BCUT2D eigenvalue weighted by Crippen LogP contribution is 2.24. The van der Waals surface area contributed by atoms with E-state index in [-0.39, 0.29) is 42.6 Å². The molecule has 12 heteroatoms. The van der Waals surface area contributed by atoms with E-state index in [1.807, 2.05) is 0 Å². The van der Waals surface area contributed by atoms with Crippen molar-refractivity contribution < 1.29 is 24.1 Å². The van der Waals surface area contributed by atoms with Crippen LogP contribution in [0.2, 0.25) is 0 Å². The second kappa shape index (κ2) is 8.78. The highest BCUT2D eigenvalue weighted by atomic mass is 16.6. The fourth-order valence-corrected chi connectivity index (χ4v) is 3.36. The zero-order chi connectivity index (χ0) is 23.5. The number of rotatable bonds is 7. The smallest absolute Gasteiger partial charge is 0.324 e. The normalized spacial score (nSPS) is 13.2. The first-order chi connectivity index (χ1) is 15.8. The lowest BCUT2D eigenvalue weighted by Gasteiger charge is -2.12. The summed E-state index contributed by atoms with van der Waals surface area (Å²) in [6.45, 7) is -0.0868. The molecule has 1 saturated heterocycles. The lowest BCUT2D eigenvalue weighted by atomic mass is 10.1. The van der Waals surface area contributed by atoms with Gasteiger partial charge in [-0.25, -0.2) is 4.79 Å². The summed E-state index contributed by atoms with van der Waals surface area (Å²) in [5, 5.41) is 19.2. The summed E-state index contributed by atoms with van der Waals surface area (Å²) in [5.74, 6) is -1.20. The molecule has 3 aromatic rings. The van der Waals surface area contributed by atoms with Crippen molar-refractivity contribution in [3.63, 3.8) is 0 Å². The minimum Gasteiger partial charge on any atom is -0.360 e. The van der Waals surface area contributed by atoms with Crippen LogP contribution in [0.3, 0.4) is 0 Å². The number of nitrogens with zero attached hydrogens (tertiary/aromatic N) is 2. The number of aromatic nitrogens is 1. The molecule has 1 aliphatic heterocycles. The van der Waals surface area contributed by atoms with Gasteiger partial charge < -0.3 is 20.9 Å². The average molecular weight is 450 g/mol. The Morgan fingerprint density at radius 3 is 2.39 bits per heavy atom. The van der Waals surface area contributed by atoms with Crippen LogP contribution >= 0.6 is 0 Å². The average Bonchev–Trinajstić information content (AvgIpc) is 3.36. The Labute approximate surface area is 186 Å². The van der Waals surface area contributed by atoms with Gasteiger partial charge in [0, 0.05) is 53.6 Å². The topological polar surface area (TPSA) is 167 Å². The maximum atomic E-state index is 12.7. The van der Waals surface area contributed by atoms with Gasteiger partial charge in [-0.3, -0.25) is 29.4 Å². The van der Waals surface area contributed by atoms with Gasteiger partial charge in [0.25, 0.3) is 11.6 Å². The molecule has 1 fully saturated rings. The first kappa shape index (κ1) is 21.5. The number of hydrogen-bond donors (Lipinski definition) is 4. The predicted molar refractivity (Wildman–Crippen MR) is 118 cm³/mol. The molecule has 0 aliphatic carbocycles. The standard InChI is InChI=1S/C21H18N6O6/c28-18(7-8-26-19(29)11-23-21(26)31)24-12-1-3-13(4-2-12)25-20(30)16-10-22-17-6-5-14(27(32)33)9-15(16)17/h1-6,9-10,22H,7-8,11H2,(H,23,31)(H,24,28)(H,25,30). The Balaban J connectivity index is 1.36. The summed E-state index contributed by atoms with van der Waals surface area (Å²) in [5.41, 5.74) is 1.66. The molecule has 0 bridgehead atoms. The molecular weight excluding hydrogens is 432 g/mol. The van der Waals surface area contributed by atoms with Crippen LogP contribution in [0.15, 0.2) is 48.7 Å². The molecule has 2 aromatic carbocycles. The number of aromatic amines is 1. The van der Waals surface area contributed by atoms with E-state index in [0.29, 0.717) is 22.3 Å². The Hall–Kier alpha value is -4.74. The van der Waals surface area contributed by atoms with Crippen LogP contribution in [0.25, 0.3) is 10.9 Å². The van der Waals surface area contributed by atoms with Gasteiger partial charge in [0.1, 0.15) is 0 Å². The number of urea groups is 1. The highest BCUT2D eigenvalue weighted by molar-refractivity contribution is 6.13. The third-order valence-electron chi connectivity index (χ3n) is 5.05. The number of amides is 5. The molecule has 0 saturated carbocycles. The zero-order valence-electron chi connectivity index (χ0n) is 17.1. The van der Waals surface area contributed by atoms with Gasteiger partial charge >= 0.3 is 6.03 Å². The molecule has 1 aromatic heterocycles.